The summed E-state index contributed by atoms with van der Waals surface area (Å²) in [6.45, 7) is 9.67. The quantitative estimate of drug-likeness (QED) is 0.222. The summed E-state index contributed by atoms with van der Waals surface area (Å²) in [7, 11) is 0.272. The summed E-state index contributed by atoms with van der Waals surface area (Å²) in [5, 5.41) is 5.70. The topological polar surface area (TPSA) is 86.6 Å². The summed E-state index contributed by atoms with van der Waals surface area (Å²) < 4.78 is 47.7. The third-order valence-corrected chi connectivity index (χ3v) is 7.15. The number of anilines is 1. The smallest absolute Gasteiger partial charge is 0.319 e. The van der Waals surface area contributed by atoms with Crippen molar-refractivity contribution in [2.24, 2.45) is 0 Å². The highest BCUT2D eigenvalue weighted by Gasteiger charge is 2.20. The molecule has 196 valence electrons. The molecule has 0 saturated heterocycles. The van der Waals surface area contributed by atoms with Crippen LogP contribution >= 0.6 is 11.6 Å². The average molecular weight is 541 g/mol. The van der Waals surface area contributed by atoms with Crippen LogP contribution in [0.5, 0.6) is 11.5 Å². The first-order chi connectivity index (χ1) is 17.0. The van der Waals surface area contributed by atoms with Gasteiger partial charge in [0.05, 0.1) is 23.1 Å². The third kappa shape index (κ3) is 7.39. The largest absolute Gasteiger partial charge is 0.450 e. The van der Waals surface area contributed by atoms with Crippen molar-refractivity contribution in [3.63, 3.8) is 0 Å². The van der Waals surface area contributed by atoms with Gasteiger partial charge in [0, 0.05) is 52.0 Å². The Labute approximate surface area is 214 Å². The standard InChI is InChI=1S/C24H31ClF2N4O4Si/c1-15(13-33-2)29-24(32)30-16-10-18(26)22(19(27)11-16)35-20-6-7-28-23-21(20)17(25)12-31(23)14-34-8-9-36(3,4)5/h6-7,10-12,15H,8-9,13-14H2,1-5H3,(H2,29,30,32). The van der Waals surface area contributed by atoms with Crippen LogP contribution in [0.2, 0.25) is 30.7 Å². The number of hydrogen-bond donors (Lipinski definition) is 2. The van der Waals surface area contributed by atoms with E-state index in [0.29, 0.717) is 22.7 Å². The molecule has 1 aromatic carbocycles. The number of nitrogens with one attached hydrogen (secondary N) is 2. The Morgan fingerprint density at radius 3 is 2.58 bits per heavy atom. The highest BCUT2D eigenvalue weighted by atomic mass is 35.5. The van der Waals surface area contributed by atoms with Crippen molar-refractivity contribution < 1.29 is 27.8 Å². The van der Waals surface area contributed by atoms with Gasteiger partial charge in [-0.1, -0.05) is 31.2 Å². The normalized spacial score (nSPS) is 12.6. The molecule has 2 aromatic heterocycles. The number of methoxy groups -OCH3 is 1. The van der Waals surface area contributed by atoms with Gasteiger partial charge in [-0.15, -0.1) is 0 Å². The van der Waals surface area contributed by atoms with Gasteiger partial charge in [-0.2, -0.15) is 0 Å². The van der Waals surface area contributed by atoms with Crippen LogP contribution in [0.3, 0.4) is 0 Å². The number of rotatable bonds is 11. The maximum Gasteiger partial charge on any atom is 0.319 e. The molecule has 2 heterocycles. The minimum atomic E-state index is -1.23. The molecule has 2 amide bonds. The number of aromatic nitrogens is 2. The Balaban J connectivity index is 1.77. The van der Waals surface area contributed by atoms with Crippen molar-refractivity contribution >= 4 is 42.4 Å². The molecule has 0 radical (unpaired) electrons. The van der Waals surface area contributed by atoms with Gasteiger partial charge in [-0.05, 0) is 19.0 Å². The summed E-state index contributed by atoms with van der Waals surface area (Å²) in [5.41, 5.74) is 0.394. The van der Waals surface area contributed by atoms with Crippen molar-refractivity contribution in [1.82, 2.24) is 14.9 Å². The molecule has 0 spiro atoms. The Bertz CT molecular complexity index is 1200. The van der Waals surface area contributed by atoms with Crippen LogP contribution in [-0.2, 0) is 16.2 Å². The Hall–Kier alpha value is -2.73. The first kappa shape index (κ1) is 27.8. The third-order valence-electron chi connectivity index (χ3n) is 5.16. The van der Waals surface area contributed by atoms with Crippen molar-refractivity contribution in [3.8, 4) is 11.5 Å². The second kappa shape index (κ2) is 12.0. The maximum atomic E-state index is 14.8. The zero-order valence-electron chi connectivity index (χ0n) is 21.0. The van der Waals surface area contributed by atoms with E-state index in [9.17, 15) is 13.6 Å². The second-order valence-corrected chi connectivity index (χ2v) is 15.7. The van der Waals surface area contributed by atoms with Gasteiger partial charge in [-0.25, -0.2) is 18.6 Å². The van der Waals surface area contributed by atoms with Crippen molar-refractivity contribution in [2.75, 3.05) is 25.6 Å². The van der Waals surface area contributed by atoms with E-state index in [2.05, 4.69) is 35.3 Å². The molecule has 12 heteroatoms. The zero-order valence-corrected chi connectivity index (χ0v) is 22.7. The SMILES string of the molecule is COCC(C)NC(=O)Nc1cc(F)c(Oc2ccnc3c2c(Cl)cn3COCC[Si](C)(C)C)c(F)c1. The average Bonchev–Trinajstić information content (AvgIpc) is 3.09. The molecule has 0 aliphatic rings. The highest BCUT2D eigenvalue weighted by molar-refractivity contribution is 6.76. The molecule has 3 rings (SSSR count). The van der Waals surface area contributed by atoms with Crippen LogP contribution in [0.15, 0.2) is 30.6 Å². The summed E-state index contributed by atoms with van der Waals surface area (Å²) in [6, 6.07) is 3.51. The fourth-order valence-corrected chi connectivity index (χ4v) is 4.44. The lowest BCUT2D eigenvalue weighted by Gasteiger charge is -2.16. The van der Waals surface area contributed by atoms with Crippen LogP contribution in [0.4, 0.5) is 19.3 Å². The van der Waals surface area contributed by atoms with Crippen LogP contribution in [0.25, 0.3) is 11.0 Å². The summed E-state index contributed by atoms with van der Waals surface area (Å²) in [5.74, 6) is -2.48. The number of amides is 2. The number of carbonyl (C=O) groups excluding carboxylic acids is 1. The fraction of sp³-hybridized carbons (Fsp3) is 0.417. The molecular formula is C24H31ClF2N4O4Si. The van der Waals surface area contributed by atoms with Crippen LogP contribution in [0, 0.1) is 11.6 Å². The van der Waals surface area contributed by atoms with Gasteiger partial charge in [-0.3, -0.25) is 0 Å². The van der Waals surface area contributed by atoms with Gasteiger partial charge in [0.2, 0.25) is 0 Å². The minimum absolute atomic E-state index is 0.0704. The first-order valence-electron chi connectivity index (χ1n) is 11.4. The molecule has 0 aliphatic carbocycles. The van der Waals surface area contributed by atoms with Gasteiger partial charge in [0.1, 0.15) is 18.1 Å². The van der Waals surface area contributed by atoms with E-state index in [1.54, 1.807) is 17.7 Å². The molecular weight excluding hydrogens is 510 g/mol. The van der Waals surface area contributed by atoms with E-state index in [-0.39, 0.29) is 30.8 Å². The number of benzene rings is 1. The van der Waals surface area contributed by atoms with E-state index >= 15 is 0 Å². The van der Waals surface area contributed by atoms with E-state index in [1.165, 1.54) is 19.4 Å². The van der Waals surface area contributed by atoms with Gasteiger partial charge < -0.3 is 29.4 Å². The Morgan fingerprint density at radius 1 is 1.25 bits per heavy atom. The number of hydrogen-bond acceptors (Lipinski definition) is 5. The molecule has 1 unspecified atom stereocenters. The van der Waals surface area contributed by atoms with E-state index < -0.39 is 31.5 Å². The number of urea groups is 1. The maximum absolute atomic E-state index is 14.8. The van der Waals surface area contributed by atoms with Crippen LogP contribution in [0.1, 0.15) is 6.92 Å². The lowest BCUT2D eigenvalue weighted by Crippen LogP contribution is -2.38. The van der Waals surface area contributed by atoms with Crippen molar-refractivity contribution in [1.29, 1.82) is 0 Å². The van der Waals surface area contributed by atoms with E-state index in [0.717, 1.165) is 18.2 Å². The van der Waals surface area contributed by atoms with Gasteiger partial charge in [0.25, 0.3) is 0 Å². The molecule has 0 saturated carbocycles. The number of pyridine rings is 1. The molecule has 2 N–H and O–H groups in total. The lowest BCUT2D eigenvalue weighted by atomic mass is 10.2. The lowest BCUT2D eigenvalue weighted by molar-refractivity contribution is 0.0899. The summed E-state index contributed by atoms with van der Waals surface area (Å²) >= 11 is 6.42. The molecule has 0 bridgehead atoms. The number of ether oxygens (including phenoxy) is 3. The first-order valence-corrected chi connectivity index (χ1v) is 15.5. The van der Waals surface area contributed by atoms with Crippen molar-refractivity contribution in [3.05, 3.63) is 47.2 Å². The number of nitrogens with zero attached hydrogens (tertiary/aromatic N) is 2. The van der Waals surface area contributed by atoms with E-state index in [1.807, 2.05) is 0 Å². The molecule has 3 aromatic rings. The molecule has 0 fully saturated rings. The predicted molar refractivity (Wildman–Crippen MR) is 139 cm³/mol. The summed E-state index contributed by atoms with van der Waals surface area (Å²) in [6.07, 6.45) is 3.10. The molecule has 1 atom stereocenters. The van der Waals surface area contributed by atoms with Crippen LogP contribution < -0.4 is 15.4 Å². The monoisotopic (exact) mass is 540 g/mol. The number of halogens is 3. The second-order valence-electron chi connectivity index (χ2n) is 9.63. The molecule has 36 heavy (non-hydrogen) atoms. The van der Waals surface area contributed by atoms with Gasteiger partial charge >= 0.3 is 6.03 Å². The predicted octanol–water partition coefficient (Wildman–Crippen LogP) is 6.23. The Kier molecular flexibility index (Phi) is 9.28. The number of fused-ring (bicyclic) bond motifs is 1. The van der Waals surface area contributed by atoms with Crippen molar-refractivity contribution in [2.45, 2.75) is 45.4 Å². The molecule has 0 aliphatic heterocycles. The minimum Gasteiger partial charge on any atom is -0.450 e. The zero-order chi connectivity index (χ0) is 26.5. The Morgan fingerprint density at radius 2 is 1.94 bits per heavy atom. The fourth-order valence-electron chi connectivity index (χ4n) is 3.39. The van der Waals surface area contributed by atoms with Gasteiger partial charge in [0.15, 0.2) is 17.4 Å². The summed E-state index contributed by atoms with van der Waals surface area (Å²) in [4.78, 5) is 16.4. The number of carbonyl (C=O) groups is 1. The molecule has 8 nitrogen and oxygen atoms in total. The van der Waals surface area contributed by atoms with Crippen LogP contribution in [-0.4, -0.2) is 50.0 Å². The highest BCUT2D eigenvalue weighted by Crippen LogP contribution is 2.37. The van der Waals surface area contributed by atoms with E-state index in [4.69, 9.17) is 25.8 Å².